The van der Waals surface area contributed by atoms with Gasteiger partial charge >= 0.3 is 0 Å². The average Bonchev–Trinajstić information content (AvgIpc) is 2.38. The summed E-state index contributed by atoms with van der Waals surface area (Å²) in [7, 11) is 3.99. The summed E-state index contributed by atoms with van der Waals surface area (Å²) >= 11 is 6.13. The van der Waals surface area contributed by atoms with Crippen LogP contribution < -0.4 is 0 Å². The Morgan fingerprint density at radius 3 is 2.75 bits per heavy atom. The van der Waals surface area contributed by atoms with E-state index in [9.17, 15) is 9.50 Å². The van der Waals surface area contributed by atoms with Gasteiger partial charge in [0.05, 0.1) is 10.6 Å². The van der Waals surface area contributed by atoms with E-state index in [1.807, 2.05) is 21.0 Å². The first-order valence-electron chi connectivity index (χ1n) is 7.19. The summed E-state index contributed by atoms with van der Waals surface area (Å²) in [6.45, 7) is 2.80. The lowest BCUT2D eigenvalue weighted by molar-refractivity contribution is -0.102. The zero-order valence-electron chi connectivity index (χ0n) is 12.4. The third-order valence-corrected chi connectivity index (χ3v) is 4.92. The molecule has 0 heterocycles. The molecular formula is C16H23ClFNO. The zero-order chi connectivity index (χ0) is 14.9. The third-order valence-electron chi connectivity index (χ3n) is 4.53. The Bertz CT molecular complexity index is 480. The maximum absolute atomic E-state index is 13.8. The molecule has 0 spiro atoms. The fourth-order valence-electron chi connectivity index (χ4n) is 3.48. The molecule has 0 saturated heterocycles. The topological polar surface area (TPSA) is 23.5 Å². The first-order valence-corrected chi connectivity index (χ1v) is 7.56. The molecule has 1 aliphatic rings. The van der Waals surface area contributed by atoms with Gasteiger partial charge in [0.2, 0.25) is 0 Å². The lowest BCUT2D eigenvalue weighted by Gasteiger charge is -2.46. The summed E-state index contributed by atoms with van der Waals surface area (Å²) in [5.41, 5.74) is -0.514. The van der Waals surface area contributed by atoms with Gasteiger partial charge in [-0.1, -0.05) is 37.1 Å². The molecule has 3 atom stereocenters. The summed E-state index contributed by atoms with van der Waals surface area (Å²) in [6, 6.07) is 4.72. The molecule has 0 aromatic heterocycles. The first kappa shape index (κ1) is 15.7. The molecule has 1 aromatic carbocycles. The van der Waals surface area contributed by atoms with Crippen LogP contribution in [0.3, 0.4) is 0 Å². The molecule has 1 N–H and O–H groups in total. The molecule has 2 rings (SSSR count). The Morgan fingerprint density at radius 1 is 1.40 bits per heavy atom. The Labute approximate surface area is 125 Å². The van der Waals surface area contributed by atoms with Crippen LogP contribution in [0.25, 0.3) is 0 Å². The summed E-state index contributed by atoms with van der Waals surface area (Å²) in [5.74, 6) is -0.319. The van der Waals surface area contributed by atoms with E-state index in [0.29, 0.717) is 5.56 Å². The third kappa shape index (κ3) is 2.72. The summed E-state index contributed by atoms with van der Waals surface area (Å²) < 4.78 is 13.8. The number of rotatable bonds is 3. The summed E-state index contributed by atoms with van der Waals surface area (Å²) in [6.07, 6.45) is 2.97. The fourth-order valence-corrected chi connectivity index (χ4v) is 3.76. The van der Waals surface area contributed by atoms with Gasteiger partial charge in [-0.2, -0.15) is 0 Å². The molecule has 1 fully saturated rings. The van der Waals surface area contributed by atoms with Crippen LogP contribution in [-0.4, -0.2) is 30.6 Å². The largest absolute Gasteiger partial charge is 0.384 e. The quantitative estimate of drug-likeness (QED) is 0.920. The van der Waals surface area contributed by atoms with Gasteiger partial charge in [-0.05, 0) is 38.9 Å². The van der Waals surface area contributed by atoms with Crippen LogP contribution in [0.15, 0.2) is 18.2 Å². The Balaban J connectivity index is 2.47. The van der Waals surface area contributed by atoms with Crippen LogP contribution >= 0.6 is 11.6 Å². The second kappa shape index (κ2) is 6.00. The fraction of sp³-hybridized carbons (Fsp3) is 0.625. The van der Waals surface area contributed by atoms with Gasteiger partial charge in [0.1, 0.15) is 5.82 Å². The van der Waals surface area contributed by atoms with Crippen LogP contribution in [0.5, 0.6) is 0 Å². The van der Waals surface area contributed by atoms with E-state index in [2.05, 4.69) is 4.90 Å². The summed E-state index contributed by atoms with van der Waals surface area (Å²) in [5, 5.41) is 11.4. The van der Waals surface area contributed by atoms with Crippen LogP contribution in [0.2, 0.25) is 5.02 Å². The van der Waals surface area contributed by atoms with Crippen molar-refractivity contribution in [3.63, 3.8) is 0 Å². The van der Waals surface area contributed by atoms with E-state index in [4.69, 9.17) is 11.6 Å². The Hall–Kier alpha value is -0.640. The minimum absolute atomic E-state index is 0.0625. The molecule has 1 saturated carbocycles. The first-order chi connectivity index (χ1) is 9.37. The molecule has 0 aliphatic heterocycles. The lowest BCUT2D eigenvalue weighted by atomic mass is 9.65. The molecule has 3 unspecified atom stereocenters. The maximum Gasteiger partial charge on any atom is 0.142 e. The minimum Gasteiger partial charge on any atom is -0.384 e. The highest BCUT2D eigenvalue weighted by Gasteiger charge is 2.46. The second-order valence-corrected chi connectivity index (χ2v) is 6.60. The monoisotopic (exact) mass is 299 g/mol. The molecule has 2 nitrogen and oxygen atoms in total. The second-order valence-electron chi connectivity index (χ2n) is 6.22. The molecular weight excluding hydrogens is 277 g/mol. The standard InChI is InChI=1S/C16H23ClFNO/c1-11-6-4-7-12(10-19(2)3)16(11,20)13-8-5-9-14(18)15(13)17/h5,8-9,11-12,20H,4,6-7,10H2,1-3H3. The molecule has 0 bridgehead atoms. The highest BCUT2D eigenvalue weighted by atomic mass is 35.5. The maximum atomic E-state index is 13.8. The average molecular weight is 300 g/mol. The number of benzene rings is 1. The number of halogens is 2. The van der Waals surface area contributed by atoms with Crippen LogP contribution in [0, 0.1) is 17.7 Å². The van der Waals surface area contributed by atoms with E-state index < -0.39 is 11.4 Å². The number of aliphatic hydroxyl groups is 1. The van der Waals surface area contributed by atoms with Crippen LogP contribution in [0.1, 0.15) is 31.7 Å². The Morgan fingerprint density at radius 2 is 2.10 bits per heavy atom. The molecule has 112 valence electrons. The van der Waals surface area contributed by atoms with E-state index >= 15 is 0 Å². The van der Waals surface area contributed by atoms with Gasteiger partial charge in [-0.15, -0.1) is 0 Å². The predicted octanol–water partition coefficient (Wildman–Crippen LogP) is 3.66. The molecule has 1 aliphatic carbocycles. The Kier molecular flexibility index (Phi) is 4.73. The number of hydrogen-bond acceptors (Lipinski definition) is 2. The normalized spacial score (nSPS) is 30.8. The van der Waals surface area contributed by atoms with Crippen molar-refractivity contribution in [1.29, 1.82) is 0 Å². The number of hydrogen-bond donors (Lipinski definition) is 1. The lowest BCUT2D eigenvalue weighted by Crippen LogP contribution is -2.48. The van der Waals surface area contributed by atoms with Crippen molar-refractivity contribution in [2.45, 2.75) is 31.8 Å². The molecule has 4 heteroatoms. The van der Waals surface area contributed by atoms with E-state index in [0.717, 1.165) is 25.8 Å². The van der Waals surface area contributed by atoms with E-state index in [-0.39, 0.29) is 16.9 Å². The van der Waals surface area contributed by atoms with Gasteiger partial charge in [-0.25, -0.2) is 4.39 Å². The van der Waals surface area contributed by atoms with Gasteiger partial charge in [-0.3, -0.25) is 0 Å². The van der Waals surface area contributed by atoms with Gasteiger partial charge in [0, 0.05) is 18.0 Å². The highest BCUT2D eigenvalue weighted by molar-refractivity contribution is 6.31. The molecule has 1 aromatic rings. The van der Waals surface area contributed by atoms with Crippen molar-refractivity contribution in [3.8, 4) is 0 Å². The smallest absolute Gasteiger partial charge is 0.142 e. The van der Waals surface area contributed by atoms with Gasteiger partial charge in [0.25, 0.3) is 0 Å². The number of nitrogens with zero attached hydrogens (tertiary/aromatic N) is 1. The van der Waals surface area contributed by atoms with E-state index in [1.54, 1.807) is 12.1 Å². The predicted molar refractivity (Wildman–Crippen MR) is 80.4 cm³/mol. The zero-order valence-corrected chi connectivity index (χ0v) is 13.1. The van der Waals surface area contributed by atoms with Gasteiger partial charge in [0.15, 0.2) is 0 Å². The van der Waals surface area contributed by atoms with Crippen molar-refractivity contribution in [2.24, 2.45) is 11.8 Å². The van der Waals surface area contributed by atoms with Crippen molar-refractivity contribution in [2.75, 3.05) is 20.6 Å². The molecule has 0 amide bonds. The highest BCUT2D eigenvalue weighted by Crippen LogP contribution is 2.48. The van der Waals surface area contributed by atoms with Crippen molar-refractivity contribution in [3.05, 3.63) is 34.6 Å². The van der Waals surface area contributed by atoms with Crippen LogP contribution in [-0.2, 0) is 5.60 Å². The van der Waals surface area contributed by atoms with Gasteiger partial charge < -0.3 is 10.0 Å². The minimum atomic E-state index is -1.05. The van der Waals surface area contributed by atoms with Crippen molar-refractivity contribution in [1.82, 2.24) is 4.90 Å². The summed E-state index contributed by atoms with van der Waals surface area (Å²) in [4.78, 5) is 2.07. The van der Waals surface area contributed by atoms with Crippen molar-refractivity contribution >= 4 is 11.6 Å². The molecule has 20 heavy (non-hydrogen) atoms. The van der Waals surface area contributed by atoms with E-state index in [1.165, 1.54) is 6.07 Å². The molecule has 0 radical (unpaired) electrons. The van der Waals surface area contributed by atoms with Crippen LogP contribution in [0.4, 0.5) is 4.39 Å². The SMILES string of the molecule is CC1CCCC(CN(C)C)C1(O)c1cccc(F)c1Cl. The van der Waals surface area contributed by atoms with Crippen molar-refractivity contribution < 1.29 is 9.50 Å².